The Morgan fingerprint density at radius 3 is 3.07 bits per heavy atom. The number of aromatic amines is 1. The molecule has 2 heterocycles. The zero-order chi connectivity index (χ0) is 10.8. The van der Waals surface area contributed by atoms with Gasteiger partial charge in [0.05, 0.1) is 0 Å². The van der Waals surface area contributed by atoms with Crippen molar-refractivity contribution in [2.75, 3.05) is 13.1 Å². The molecule has 2 rings (SSSR count). The van der Waals surface area contributed by atoms with Crippen molar-refractivity contribution in [1.29, 1.82) is 0 Å². The van der Waals surface area contributed by atoms with Crippen molar-refractivity contribution in [3.8, 4) is 0 Å². The first-order valence-electron chi connectivity index (χ1n) is 5.17. The fraction of sp³-hybridized carbons (Fsp3) is 0.667. The summed E-state index contributed by atoms with van der Waals surface area (Å²) in [5, 5.41) is 6.62. The number of likely N-dealkylation sites (tertiary alicyclic amines) is 1. The fourth-order valence-electron chi connectivity index (χ4n) is 1.66. The summed E-state index contributed by atoms with van der Waals surface area (Å²) in [6, 6.07) is 0.0959. The molecule has 0 saturated carbocycles. The van der Waals surface area contributed by atoms with Crippen LogP contribution in [0.25, 0.3) is 0 Å². The van der Waals surface area contributed by atoms with Gasteiger partial charge >= 0.3 is 0 Å². The standard InChI is InChI=1S/C9H15N5O/c1-2-7-11-8(13-12-7)9(15)14-4-3-6(10)5-14/h6H,2-5,10H2,1H3,(H,11,12,13)/t6-/m0/s1. The number of rotatable bonds is 2. The van der Waals surface area contributed by atoms with Crippen LogP contribution in [-0.2, 0) is 6.42 Å². The highest BCUT2D eigenvalue weighted by molar-refractivity contribution is 5.90. The van der Waals surface area contributed by atoms with Crippen molar-refractivity contribution in [2.24, 2.45) is 5.73 Å². The average molecular weight is 209 g/mol. The van der Waals surface area contributed by atoms with Gasteiger partial charge in [0, 0.05) is 25.6 Å². The van der Waals surface area contributed by atoms with Crippen LogP contribution in [0, 0.1) is 0 Å². The van der Waals surface area contributed by atoms with Crippen LogP contribution in [0.15, 0.2) is 0 Å². The van der Waals surface area contributed by atoms with Crippen LogP contribution in [0.1, 0.15) is 29.8 Å². The van der Waals surface area contributed by atoms with Gasteiger partial charge in [-0.3, -0.25) is 9.89 Å². The second-order valence-corrected chi connectivity index (χ2v) is 3.76. The molecular weight excluding hydrogens is 194 g/mol. The molecule has 0 aromatic carbocycles. The number of carbonyl (C=O) groups excluding carboxylic acids is 1. The summed E-state index contributed by atoms with van der Waals surface area (Å²) in [6.07, 6.45) is 1.61. The Hall–Kier alpha value is -1.43. The molecule has 3 N–H and O–H groups in total. The molecule has 0 radical (unpaired) electrons. The first-order valence-corrected chi connectivity index (χ1v) is 5.17. The number of hydrogen-bond donors (Lipinski definition) is 2. The monoisotopic (exact) mass is 209 g/mol. The predicted molar refractivity (Wildman–Crippen MR) is 54.3 cm³/mol. The smallest absolute Gasteiger partial charge is 0.293 e. The van der Waals surface area contributed by atoms with Gasteiger partial charge in [0.25, 0.3) is 5.91 Å². The number of amides is 1. The topological polar surface area (TPSA) is 87.9 Å². The van der Waals surface area contributed by atoms with Gasteiger partial charge in [-0.1, -0.05) is 6.92 Å². The number of aromatic nitrogens is 3. The van der Waals surface area contributed by atoms with Gasteiger partial charge in [-0.15, -0.1) is 5.10 Å². The first kappa shape index (κ1) is 10.1. The van der Waals surface area contributed by atoms with E-state index in [9.17, 15) is 4.79 Å². The maximum absolute atomic E-state index is 11.8. The summed E-state index contributed by atoms with van der Waals surface area (Å²) in [6.45, 7) is 3.27. The van der Waals surface area contributed by atoms with E-state index in [1.54, 1.807) is 4.90 Å². The zero-order valence-corrected chi connectivity index (χ0v) is 8.73. The van der Waals surface area contributed by atoms with Crippen molar-refractivity contribution in [3.05, 3.63) is 11.6 Å². The maximum atomic E-state index is 11.8. The summed E-state index contributed by atoms with van der Waals surface area (Å²) in [5.41, 5.74) is 5.73. The molecule has 1 aliphatic rings. The second-order valence-electron chi connectivity index (χ2n) is 3.76. The third-order valence-electron chi connectivity index (χ3n) is 2.57. The Balaban J connectivity index is 2.07. The van der Waals surface area contributed by atoms with Crippen LogP contribution >= 0.6 is 0 Å². The lowest BCUT2D eigenvalue weighted by molar-refractivity contribution is 0.0779. The lowest BCUT2D eigenvalue weighted by atomic mass is 10.3. The number of H-pyrrole nitrogens is 1. The summed E-state index contributed by atoms with van der Waals surface area (Å²) >= 11 is 0. The van der Waals surface area contributed by atoms with Crippen molar-refractivity contribution in [1.82, 2.24) is 20.1 Å². The van der Waals surface area contributed by atoms with Gasteiger partial charge in [-0.2, -0.15) is 0 Å². The number of hydrogen-bond acceptors (Lipinski definition) is 4. The minimum absolute atomic E-state index is 0.0959. The number of aryl methyl sites for hydroxylation is 1. The largest absolute Gasteiger partial charge is 0.334 e. The molecule has 0 bridgehead atoms. The van der Waals surface area contributed by atoms with E-state index in [0.717, 1.165) is 18.7 Å². The normalized spacial score (nSPS) is 20.9. The van der Waals surface area contributed by atoms with E-state index in [0.29, 0.717) is 13.1 Å². The number of nitrogens with zero attached hydrogens (tertiary/aromatic N) is 3. The lowest BCUT2D eigenvalue weighted by Crippen LogP contribution is -2.32. The fourth-order valence-corrected chi connectivity index (χ4v) is 1.66. The molecule has 6 heteroatoms. The first-order chi connectivity index (χ1) is 7.20. The molecule has 15 heavy (non-hydrogen) atoms. The number of nitrogens with one attached hydrogen (secondary N) is 1. The molecular formula is C9H15N5O. The summed E-state index contributed by atoms with van der Waals surface area (Å²) in [5.74, 6) is 0.863. The van der Waals surface area contributed by atoms with E-state index >= 15 is 0 Å². The molecule has 1 aromatic heterocycles. The molecule has 1 saturated heterocycles. The van der Waals surface area contributed by atoms with E-state index in [-0.39, 0.29) is 17.8 Å². The Labute approximate surface area is 87.9 Å². The third kappa shape index (κ3) is 1.99. The second kappa shape index (κ2) is 3.98. The van der Waals surface area contributed by atoms with Crippen molar-refractivity contribution in [2.45, 2.75) is 25.8 Å². The van der Waals surface area contributed by atoms with Crippen molar-refractivity contribution >= 4 is 5.91 Å². The van der Waals surface area contributed by atoms with E-state index in [1.807, 2.05) is 6.92 Å². The van der Waals surface area contributed by atoms with E-state index in [2.05, 4.69) is 15.2 Å². The van der Waals surface area contributed by atoms with Crippen LogP contribution < -0.4 is 5.73 Å². The predicted octanol–water partition coefficient (Wildman–Crippen LogP) is -0.460. The van der Waals surface area contributed by atoms with Gasteiger partial charge < -0.3 is 10.6 Å². The van der Waals surface area contributed by atoms with Crippen LogP contribution in [0.3, 0.4) is 0 Å². The van der Waals surface area contributed by atoms with Gasteiger partial charge in [0.1, 0.15) is 5.82 Å². The summed E-state index contributed by atoms with van der Waals surface area (Å²) < 4.78 is 0. The number of carbonyl (C=O) groups is 1. The van der Waals surface area contributed by atoms with Crippen LogP contribution in [-0.4, -0.2) is 45.1 Å². The van der Waals surface area contributed by atoms with Gasteiger partial charge in [-0.25, -0.2) is 4.98 Å². The van der Waals surface area contributed by atoms with Gasteiger partial charge in [-0.05, 0) is 6.42 Å². The molecule has 1 amide bonds. The summed E-state index contributed by atoms with van der Waals surface area (Å²) in [7, 11) is 0. The van der Waals surface area contributed by atoms with Crippen molar-refractivity contribution < 1.29 is 4.79 Å². The minimum atomic E-state index is -0.126. The highest BCUT2D eigenvalue weighted by Crippen LogP contribution is 2.09. The lowest BCUT2D eigenvalue weighted by Gasteiger charge is -2.12. The molecule has 1 aromatic rings. The van der Waals surface area contributed by atoms with E-state index < -0.39 is 0 Å². The number of nitrogens with two attached hydrogens (primary N) is 1. The highest BCUT2D eigenvalue weighted by Gasteiger charge is 2.26. The molecule has 0 aliphatic carbocycles. The highest BCUT2D eigenvalue weighted by atomic mass is 16.2. The Morgan fingerprint density at radius 2 is 2.53 bits per heavy atom. The SMILES string of the molecule is CCc1nc(C(=O)N2CC[C@H](N)C2)n[nH]1. The molecule has 0 spiro atoms. The molecule has 1 atom stereocenters. The minimum Gasteiger partial charge on any atom is -0.334 e. The Bertz CT molecular complexity index is 361. The average Bonchev–Trinajstić information content (AvgIpc) is 2.84. The van der Waals surface area contributed by atoms with Gasteiger partial charge in [0.15, 0.2) is 0 Å². The molecule has 1 fully saturated rings. The molecule has 0 unspecified atom stereocenters. The van der Waals surface area contributed by atoms with Crippen LogP contribution in [0.2, 0.25) is 0 Å². The molecule has 1 aliphatic heterocycles. The Kier molecular flexibility index (Phi) is 2.68. The van der Waals surface area contributed by atoms with Crippen molar-refractivity contribution in [3.63, 3.8) is 0 Å². The van der Waals surface area contributed by atoms with E-state index in [1.165, 1.54) is 0 Å². The van der Waals surface area contributed by atoms with E-state index in [4.69, 9.17) is 5.73 Å². The summed E-state index contributed by atoms with van der Waals surface area (Å²) in [4.78, 5) is 17.6. The molecule has 6 nitrogen and oxygen atoms in total. The maximum Gasteiger partial charge on any atom is 0.293 e. The Morgan fingerprint density at radius 1 is 1.73 bits per heavy atom. The zero-order valence-electron chi connectivity index (χ0n) is 8.73. The van der Waals surface area contributed by atoms with Crippen LogP contribution in [0.5, 0.6) is 0 Å². The van der Waals surface area contributed by atoms with Crippen LogP contribution in [0.4, 0.5) is 0 Å². The quantitative estimate of drug-likeness (QED) is 0.690. The molecule has 82 valence electrons. The third-order valence-corrected chi connectivity index (χ3v) is 2.57. The van der Waals surface area contributed by atoms with Gasteiger partial charge in [0.2, 0.25) is 5.82 Å².